The number of sulfonamides is 1. The third-order valence-corrected chi connectivity index (χ3v) is 5.77. The lowest BCUT2D eigenvalue weighted by atomic mass is 10.3. The minimum Gasteiger partial charge on any atom is -0.344 e. The fourth-order valence-electron chi connectivity index (χ4n) is 2.23. The van der Waals surface area contributed by atoms with Crippen LogP contribution in [0.2, 0.25) is 5.02 Å². The van der Waals surface area contributed by atoms with E-state index in [4.69, 9.17) is 11.6 Å². The number of anilines is 1. The number of carbonyl (C=O) groups excluding carboxylic acids is 1. The normalized spacial score (nSPS) is 13.9. The molecule has 0 spiro atoms. The smallest absolute Gasteiger partial charge is 0.344 e. The van der Waals surface area contributed by atoms with E-state index in [2.05, 4.69) is 10.3 Å². The number of rotatable bonds is 5. The molecule has 15 heteroatoms. The van der Waals surface area contributed by atoms with Gasteiger partial charge in [0, 0.05) is 25.1 Å². The summed E-state index contributed by atoms with van der Waals surface area (Å²) in [6.45, 7) is 0.573. The Kier molecular flexibility index (Phi) is 6.45. The molecule has 0 bridgehead atoms. The first-order chi connectivity index (χ1) is 13.5. The molecule has 166 valence electrons. The van der Waals surface area contributed by atoms with Crippen molar-refractivity contribution >= 4 is 33.2 Å². The number of carbonyl (C=O) groups is 1. The molecule has 2 N–H and O–H groups in total. The van der Waals surface area contributed by atoms with Crippen LogP contribution in [0.4, 0.5) is 32.0 Å². The van der Waals surface area contributed by atoms with Crippen molar-refractivity contribution in [2.45, 2.75) is 30.2 Å². The topological polar surface area (TPSA) is 93.1 Å². The highest BCUT2D eigenvalue weighted by atomic mass is 35.5. The molecule has 0 fully saturated rings. The third-order valence-electron chi connectivity index (χ3n) is 3.72. The van der Waals surface area contributed by atoms with Gasteiger partial charge < -0.3 is 9.88 Å². The van der Waals surface area contributed by atoms with Gasteiger partial charge in [-0.25, -0.2) is 8.42 Å². The number of amides is 1. The summed E-state index contributed by atoms with van der Waals surface area (Å²) in [5.74, 6) is -1.09. The number of pyridine rings is 1. The van der Waals surface area contributed by atoms with Crippen LogP contribution in [0.15, 0.2) is 29.4 Å². The number of halogens is 7. The molecular formula is C15H13ClF6N4O3S. The van der Waals surface area contributed by atoms with Crippen LogP contribution in [0.5, 0.6) is 0 Å². The summed E-state index contributed by atoms with van der Waals surface area (Å²) in [7, 11) is -3.59. The summed E-state index contributed by atoms with van der Waals surface area (Å²) < 4.78 is 103. The van der Waals surface area contributed by atoms with Crippen molar-refractivity contribution in [1.29, 1.82) is 0 Å². The number of hydrogen-bond donors (Lipinski definition) is 2. The van der Waals surface area contributed by atoms with Crippen LogP contribution in [-0.4, -0.2) is 36.1 Å². The molecule has 7 nitrogen and oxygen atoms in total. The van der Waals surface area contributed by atoms with E-state index in [9.17, 15) is 39.6 Å². The molecule has 0 radical (unpaired) electrons. The maximum atomic E-state index is 12.7. The van der Waals surface area contributed by atoms with Crippen molar-refractivity contribution in [1.82, 2.24) is 14.3 Å². The summed E-state index contributed by atoms with van der Waals surface area (Å²) in [4.78, 5) is 14.7. The van der Waals surface area contributed by atoms with Crippen LogP contribution >= 0.6 is 11.6 Å². The average Bonchev–Trinajstić information content (AvgIpc) is 2.88. The van der Waals surface area contributed by atoms with E-state index in [1.54, 1.807) is 0 Å². The van der Waals surface area contributed by atoms with Crippen LogP contribution in [0.25, 0.3) is 0 Å². The molecule has 1 unspecified atom stereocenters. The Hall–Kier alpha value is -2.32. The lowest BCUT2D eigenvalue weighted by Crippen LogP contribution is -2.42. The van der Waals surface area contributed by atoms with E-state index in [0.717, 1.165) is 23.0 Å². The Labute approximate surface area is 171 Å². The van der Waals surface area contributed by atoms with Gasteiger partial charge in [0.05, 0.1) is 5.02 Å². The summed E-state index contributed by atoms with van der Waals surface area (Å²) in [6.07, 6.45) is -8.04. The van der Waals surface area contributed by atoms with Crippen molar-refractivity contribution in [2.75, 3.05) is 5.32 Å². The van der Waals surface area contributed by atoms with Gasteiger partial charge in [-0.05, 0) is 19.1 Å². The van der Waals surface area contributed by atoms with Gasteiger partial charge in [-0.15, -0.1) is 0 Å². The number of aromatic nitrogens is 2. The zero-order valence-corrected chi connectivity index (χ0v) is 16.6. The van der Waals surface area contributed by atoms with Gasteiger partial charge >= 0.3 is 12.4 Å². The zero-order chi connectivity index (χ0) is 23.1. The van der Waals surface area contributed by atoms with Crippen molar-refractivity contribution in [3.63, 3.8) is 0 Å². The van der Waals surface area contributed by atoms with E-state index in [1.807, 2.05) is 0 Å². The molecule has 0 aliphatic rings. The van der Waals surface area contributed by atoms with E-state index >= 15 is 0 Å². The van der Waals surface area contributed by atoms with Gasteiger partial charge in [0.2, 0.25) is 10.0 Å². The highest BCUT2D eigenvalue weighted by Gasteiger charge is 2.40. The van der Waals surface area contributed by atoms with Gasteiger partial charge in [-0.2, -0.15) is 31.1 Å². The first-order valence-electron chi connectivity index (χ1n) is 7.82. The molecule has 1 atom stereocenters. The number of hydrogen-bond acceptors (Lipinski definition) is 4. The van der Waals surface area contributed by atoms with Crippen molar-refractivity contribution in [2.24, 2.45) is 7.05 Å². The predicted octanol–water partition coefficient (Wildman–Crippen LogP) is 3.57. The Morgan fingerprint density at radius 2 is 1.83 bits per heavy atom. The highest BCUT2D eigenvalue weighted by molar-refractivity contribution is 7.89. The number of nitrogens with zero attached hydrogens (tertiary/aromatic N) is 2. The van der Waals surface area contributed by atoms with Crippen molar-refractivity contribution in [3.05, 3.63) is 40.9 Å². The fraction of sp³-hybridized carbons (Fsp3) is 0.333. The molecule has 0 saturated heterocycles. The fourth-order valence-corrected chi connectivity index (χ4v) is 4.16. The van der Waals surface area contributed by atoms with Gasteiger partial charge in [0.15, 0.2) is 0 Å². The standard InChI is InChI=1S/C15H13ClF6N4O3S/c1-7(14(17,18)19)25-30(28,29)9-6-26(2)12(11(9)16)13(27)24-8-3-4-23-10(5-8)15(20,21)22/h3-7,25H,1-2H3,(H,23,24,27). The second-order valence-electron chi connectivity index (χ2n) is 6.03. The first kappa shape index (κ1) is 24.0. The second-order valence-corrected chi connectivity index (χ2v) is 8.09. The second kappa shape index (κ2) is 8.07. The summed E-state index contributed by atoms with van der Waals surface area (Å²) >= 11 is 5.90. The molecule has 2 heterocycles. The molecule has 0 aromatic carbocycles. The minimum atomic E-state index is -4.87. The lowest BCUT2D eigenvalue weighted by Gasteiger charge is -2.16. The summed E-state index contributed by atoms with van der Waals surface area (Å²) in [6, 6.07) is -0.846. The number of alkyl halides is 6. The monoisotopic (exact) mass is 478 g/mol. The molecule has 1 amide bonds. The zero-order valence-electron chi connectivity index (χ0n) is 15.1. The largest absolute Gasteiger partial charge is 0.433 e. The highest BCUT2D eigenvalue weighted by Crippen LogP contribution is 2.31. The van der Waals surface area contributed by atoms with Crippen molar-refractivity contribution in [3.8, 4) is 0 Å². The average molecular weight is 479 g/mol. The van der Waals surface area contributed by atoms with Gasteiger partial charge in [-0.3, -0.25) is 9.78 Å². The van der Waals surface area contributed by atoms with Crippen LogP contribution in [0.1, 0.15) is 23.1 Å². The summed E-state index contributed by atoms with van der Waals surface area (Å²) in [5, 5.41) is 1.40. The quantitative estimate of drug-likeness (QED) is 0.643. The van der Waals surface area contributed by atoms with Crippen LogP contribution in [0.3, 0.4) is 0 Å². The van der Waals surface area contributed by atoms with Crippen LogP contribution in [0, 0.1) is 0 Å². The Bertz CT molecular complexity index is 1070. The SMILES string of the molecule is CC(NS(=O)(=O)c1cn(C)c(C(=O)Nc2ccnc(C(F)(F)F)c2)c1Cl)C(F)(F)F. The first-order valence-corrected chi connectivity index (χ1v) is 9.68. The Balaban J connectivity index is 2.35. The molecule has 2 aromatic rings. The number of nitrogens with one attached hydrogen (secondary N) is 2. The van der Waals surface area contributed by atoms with Gasteiger partial charge in [0.25, 0.3) is 5.91 Å². The number of aryl methyl sites for hydroxylation is 1. The molecule has 2 rings (SSSR count). The Morgan fingerprint density at radius 1 is 1.23 bits per heavy atom. The molecule has 2 aromatic heterocycles. The summed E-state index contributed by atoms with van der Waals surface area (Å²) in [5.41, 5.74) is -2.10. The van der Waals surface area contributed by atoms with Gasteiger partial charge in [0.1, 0.15) is 22.3 Å². The molecule has 0 saturated carbocycles. The third kappa shape index (κ3) is 5.23. The molecule has 0 aliphatic heterocycles. The maximum absolute atomic E-state index is 12.7. The maximum Gasteiger partial charge on any atom is 0.433 e. The molecular weight excluding hydrogens is 466 g/mol. The van der Waals surface area contributed by atoms with Crippen molar-refractivity contribution < 1.29 is 39.6 Å². The lowest BCUT2D eigenvalue weighted by molar-refractivity contribution is -0.147. The van der Waals surface area contributed by atoms with E-state index in [-0.39, 0.29) is 5.69 Å². The minimum absolute atomic E-state index is 0.312. The predicted molar refractivity (Wildman–Crippen MR) is 93.5 cm³/mol. The Morgan fingerprint density at radius 3 is 2.37 bits per heavy atom. The van der Waals surface area contributed by atoms with Crippen LogP contribution < -0.4 is 10.0 Å². The molecule has 30 heavy (non-hydrogen) atoms. The van der Waals surface area contributed by atoms with E-state index in [1.165, 1.54) is 11.8 Å². The molecule has 0 aliphatic carbocycles. The van der Waals surface area contributed by atoms with E-state index in [0.29, 0.717) is 13.0 Å². The van der Waals surface area contributed by atoms with Gasteiger partial charge in [-0.1, -0.05) is 11.6 Å². The van der Waals surface area contributed by atoms with E-state index < -0.39 is 55.6 Å². The van der Waals surface area contributed by atoms with Crippen LogP contribution in [-0.2, 0) is 23.2 Å².